The van der Waals surface area contributed by atoms with Crippen LogP contribution in [0.4, 0.5) is 0 Å². The number of aliphatic hydroxyl groups excluding tert-OH is 1. The van der Waals surface area contributed by atoms with Crippen molar-refractivity contribution >= 4 is 17.7 Å². The molecule has 0 aliphatic rings. The molecular weight excluding hydrogens is 200 g/mol. The Morgan fingerprint density at radius 2 is 2.29 bits per heavy atom. The lowest BCUT2D eigenvalue weighted by Crippen LogP contribution is -2.18. The highest BCUT2D eigenvalue weighted by molar-refractivity contribution is 7.99. The standard InChI is InChI=1S/C10H20O3S/c1-3-4-7-14-8-9(2)10(12)13-6-5-11/h9,11H,3-8H2,1-2H3. The molecule has 0 heterocycles. The Kier molecular flexibility index (Phi) is 9.19. The van der Waals surface area contributed by atoms with Crippen LogP contribution in [0, 0.1) is 5.92 Å². The van der Waals surface area contributed by atoms with Crippen LogP contribution < -0.4 is 0 Å². The van der Waals surface area contributed by atoms with E-state index < -0.39 is 0 Å². The number of aliphatic hydroxyl groups is 1. The molecule has 1 unspecified atom stereocenters. The van der Waals surface area contributed by atoms with Crippen molar-refractivity contribution in [2.75, 3.05) is 24.7 Å². The van der Waals surface area contributed by atoms with Crippen LogP contribution in [-0.2, 0) is 9.53 Å². The summed E-state index contributed by atoms with van der Waals surface area (Å²) in [5, 5.41) is 8.46. The Balaban J connectivity index is 3.42. The maximum Gasteiger partial charge on any atom is 0.309 e. The second-order valence-corrected chi connectivity index (χ2v) is 4.37. The molecule has 84 valence electrons. The Bertz CT molecular complexity index is 150. The van der Waals surface area contributed by atoms with Crippen LogP contribution >= 0.6 is 11.8 Å². The number of ether oxygens (including phenoxy) is 1. The molecule has 0 aliphatic heterocycles. The molecule has 0 amide bonds. The molecule has 1 atom stereocenters. The van der Waals surface area contributed by atoms with Crippen molar-refractivity contribution in [2.24, 2.45) is 5.92 Å². The Morgan fingerprint density at radius 3 is 2.86 bits per heavy atom. The van der Waals surface area contributed by atoms with Crippen molar-refractivity contribution in [3.8, 4) is 0 Å². The van der Waals surface area contributed by atoms with Crippen LogP contribution in [0.1, 0.15) is 26.7 Å². The van der Waals surface area contributed by atoms with Crippen molar-refractivity contribution in [2.45, 2.75) is 26.7 Å². The normalized spacial score (nSPS) is 12.5. The number of hydrogen-bond donors (Lipinski definition) is 1. The van der Waals surface area contributed by atoms with Gasteiger partial charge >= 0.3 is 5.97 Å². The fraction of sp³-hybridized carbons (Fsp3) is 0.900. The smallest absolute Gasteiger partial charge is 0.309 e. The van der Waals surface area contributed by atoms with Crippen LogP contribution in [0.2, 0.25) is 0 Å². The molecule has 0 aromatic rings. The third-order valence-corrected chi connectivity index (χ3v) is 3.06. The van der Waals surface area contributed by atoms with Gasteiger partial charge in [-0.05, 0) is 12.2 Å². The molecule has 0 radical (unpaired) electrons. The Morgan fingerprint density at radius 1 is 1.57 bits per heavy atom. The summed E-state index contributed by atoms with van der Waals surface area (Å²) >= 11 is 1.78. The number of hydrogen-bond acceptors (Lipinski definition) is 4. The van der Waals surface area contributed by atoms with Gasteiger partial charge in [0.2, 0.25) is 0 Å². The fourth-order valence-corrected chi connectivity index (χ4v) is 2.01. The number of esters is 1. The van der Waals surface area contributed by atoms with Gasteiger partial charge < -0.3 is 9.84 Å². The molecular formula is C10H20O3S. The second kappa shape index (κ2) is 9.34. The number of rotatable bonds is 8. The predicted octanol–water partition coefficient (Wildman–Crippen LogP) is 1.69. The highest BCUT2D eigenvalue weighted by atomic mass is 32.2. The average Bonchev–Trinajstić information content (AvgIpc) is 2.20. The number of unbranched alkanes of at least 4 members (excludes halogenated alkanes) is 1. The van der Waals surface area contributed by atoms with Gasteiger partial charge in [0, 0.05) is 5.75 Å². The zero-order valence-electron chi connectivity index (χ0n) is 8.99. The van der Waals surface area contributed by atoms with E-state index in [1.54, 1.807) is 11.8 Å². The van der Waals surface area contributed by atoms with Crippen LogP contribution in [0.25, 0.3) is 0 Å². The third kappa shape index (κ3) is 7.21. The minimum absolute atomic E-state index is 0.0663. The van der Waals surface area contributed by atoms with Crippen LogP contribution in [-0.4, -0.2) is 35.8 Å². The van der Waals surface area contributed by atoms with Gasteiger partial charge in [0.25, 0.3) is 0 Å². The first-order valence-electron chi connectivity index (χ1n) is 5.07. The molecule has 0 rings (SSSR count). The molecule has 0 fully saturated rings. The number of carbonyl (C=O) groups excluding carboxylic acids is 1. The highest BCUT2D eigenvalue weighted by Crippen LogP contribution is 2.11. The molecule has 14 heavy (non-hydrogen) atoms. The summed E-state index contributed by atoms with van der Waals surface area (Å²) in [6.07, 6.45) is 2.39. The second-order valence-electron chi connectivity index (χ2n) is 3.22. The Hall–Kier alpha value is -0.220. The molecule has 0 aliphatic carbocycles. The maximum atomic E-state index is 11.2. The first-order valence-corrected chi connectivity index (χ1v) is 6.23. The lowest BCUT2D eigenvalue weighted by atomic mass is 10.2. The van der Waals surface area contributed by atoms with Gasteiger partial charge in [0.1, 0.15) is 6.61 Å². The molecule has 0 bridgehead atoms. The van der Waals surface area contributed by atoms with Gasteiger partial charge in [-0.25, -0.2) is 0 Å². The van der Waals surface area contributed by atoms with E-state index in [9.17, 15) is 4.79 Å². The topological polar surface area (TPSA) is 46.5 Å². The zero-order valence-corrected chi connectivity index (χ0v) is 9.81. The summed E-state index contributed by atoms with van der Waals surface area (Å²) in [5.41, 5.74) is 0. The van der Waals surface area contributed by atoms with E-state index in [4.69, 9.17) is 9.84 Å². The van der Waals surface area contributed by atoms with E-state index in [2.05, 4.69) is 6.92 Å². The lowest BCUT2D eigenvalue weighted by Gasteiger charge is -2.09. The first kappa shape index (κ1) is 13.8. The Labute approximate surface area is 90.2 Å². The largest absolute Gasteiger partial charge is 0.463 e. The lowest BCUT2D eigenvalue weighted by molar-refractivity contribution is -0.148. The summed E-state index contributed by atoms with van der Waals surface area (Å²) < 4.78 is 4.81. The zero-order chi connectivity index (χ0) is 10.8. The van der Waals surface area contributed by atoms with E-state index in [-0.39, 0.29) is 25.1 Å². The van der Waals surface area contributed by atoms with Crippen molar-refractivity contribution in [1.29, 1.82) is 0 Å². The molecule has 0 spiro atoms. The molecule has 0 saturated heterocycles. The van der Waals surface area contributed by atoms with Gasteiger partial charge in [-0.2, -0.15) is 11.8 Å². The minimum atomic E-state index is -0.206. The van der Waals surface area contributed by atoms with Gasteiger partial charge in [0.05, 0.1) is 12.5 Å². The summed E-state index contributed by atoms with van der Waals surface area (Å²) in [4.78, 5) is 11.2. The average molecular weight is 220 g/mol. The summed E-state index contributed by atoms with van der Waals surface area (Å²) in [5.74, 6) is 1.64. The molecule has 3 nitrogen and oxygen atoms in total. The first-order chi connectivity index (χ1) is 6.72. The van der Waals surface area contributed by atoms with Gasteiger partial charge in [-0.15, -0.1) is 0 Å². The highest BCUT2D eigenvalue weighted by Gasteiger charge is 2.13. The van der Waals surface area contributed by atoms with Crippen molar-refractivity contribution in [3.05, 3.63) is 0 Å². The van der Waals surface area contributed by atoms with Crippen LogP contribution in [0.15, 0.2) is 0 Å². The molecule has 4 heteroatoms. The van der Waals surface area contributed by atoms with Crippen molar-refractivity contribution < 1.29 is 14.6 Å². The SMILES string of the molecule is CCCCSCC(C)C(=O)OCCO. The van der Waals surface area contributed by atoms with Crippen molar-refractivity contribution in [1.82, 2.24) is 0 Å². The van der Waals surface area contributed by atoms with E-state index in [0.29, 0.717) is 0 Å². The third-order valence-electron chi connectivity index (χ3n) is 1.75. The molecule has 1 N–H and O–H groups in total. The predicted molar refractivity (Wildman–Crippen MR) is 59.4 cm³/mol. The van der Waals surface area contributed by atoms with Crippen molar-refractivity contribution in [3.63, 3.8) is 0 Å². The fourth-order valence-electron chi connectivity index (χ4n) is 0.863. The minimum Gasteiger partial charge on any atom is -0.463 e. The summed E-state index contributed by atoms with van der Waals surface area (Å²) in [6.45, 7) is 4.03. The maximum absolute atomic E-state index is 11.2. The van der Waals surface area contributed by atoms with E-state index in [1.165, 1.54) is 12.8 Å². The van der Waals surface area contributed by atoms with Gasteiger partial charge in [0.15, 0.2) is 0 Å². The molecule has 0 aromatic carbocycles. The van der Waals surface area contributed by atoms with Gasteiger partial charge in [-0.3, -0.25) is 4.79 Å². The summed E-state index contributed by atoms with van der Waals surface area (Å²) in [6, 6.07) is 0. The van der Waals surface area contributed by atoms with Gasteiger partial charge in [-0.1, -0.05) is 20.3 Å². The van der Waals surface area contributed by atoms with E-state index in [0.717, 1.165) is 11.5 Å². The van der Waals surface area contributed by atoms with Crippen LogP contribution in [0.5, 0.6) is 0 Å². The number of carbonyl (C=O) groups is 1. The van der Waals surface area contributed by atoms with E-state index in [1.807, 2.05) is 6.92 Å². The quantitative estimate of drug-likeness (QED) is 0.499. The van der Waals surface area contributed by atoms with E-state index >= 15 is 0 Å². The molecule has 0 saturated carbocycles. The monoisotopic (exact) mass is 220 g/mol. The number of thioether (sulfide) groups is 1. The summed E-state index contributed by atoms with van der Waals surface area (Å²) in [7, 11) is 0. The van der Waals surface area contributed by atoms with Crippen LogP contribution in [0.3, 0.4) is 0 Å². The molecule has 0 aromatic heterocycles.